The van der Waals surface area contributed by atoms with E-state index in [1.807, 2.05) is 0 Å². The van der Waals surface area contributed by atoms with Crippen LogP contribution in [0.5, 0.6) is 0 Å². The van der Waals surface area contributed by atoms with E-state index >= 15 is 0 Å². The van der Waals surface area contributed by atoms with Crippen LogP contribution in [0, 0.1) is 5.92 Å². The average molecular weight is 332 g/mol. The van der Waals surface area contributed by atoms with Crippen molar-refractivity contribution in [1.82, 2.24) is 4.90 Å². The number of allylic oxidation sites excluding steroid dienone is 4. The molecule has 0 aliphatic carbocycles. The summed E-state index contributed by atoms with van der Waals surface area (Å²) >= 11 is 0. The third-order valence-electron chi connectivity index (χ3n) is 6.00. The molecule has 1 aliphatic rings. The van der Waals surface area contributed by atoms with Crippen LogP contribution in [-0.2, 0) is 0 Å². The number of rotatable bonds is 7. The van der Waals surface area contributed by atoms with E-state index in [0.29, 0.717) is 5.92 Å². The second-order valence-electron chi connectivity index (χ2n) is 8.07. The van der Waals surface area contributed by atoms with Crippen LogP contribution < -0.4 is 0 Å². The first-order valence-corrected chi connectivity index (χ1v) is 9.34. The van der Waals surface area contributed by atoms with Gasteiger partial charge in [-0.2, -0.15) is 0 Å². The molecule has 2 unspecified atom stereocenters. The molecular weight excluding hydrogens is 292 g/mol. The van der Waals surface area contributed by atoms with Crippen LogP contribution in [0.25, 0.3) is 0 Å². The molecule has 0 aromatic heterocycles. The minimum Gasteiger partial charge on any atom is -0.317 e. The Balaban J connectivity index is 3.39. The highest BCUT2D eigenvalue weighted by Crippen LogP contribution is 2.40. The van der Waals surface area contributed by atoms with E-state index in [4.69, 9.17) is 0 Å². The fourth-order valence-electron chi connectivity index (χ4n) is 4.06. The van der Waals surface area contributed by atoms with Gasteiger partial charge in [0.25, 0.3) is 0 Å². The smallest absolute Gasteiger partial charge is 0.163 e. The molecule has 0 N–H and O–H groups in total. The Morgan fingerprint density at radius 3 is 2.42 bits per heavy atom. The molecule has 0 saturated carbocycles. The summed E-state index contributed by atoms with van der Waals surface area (Å²) < 4.78 is 0.862. The number of nitrogens with zero attached hydrogens (tertiary/aromatic N) is 2. The molecule has 0 spiro atoms. The van der Waals surface area contributed by atoms with Crippen molar-refractivity contribution in [1.29, 1.82) is 0 Å². The van der Waals surface area contributed by atoms with Gasteiger partial charge in [0.15, 0.2) is 6.67 Å². The van der Waals surface area contributed by atoms with E-state index in [2.05, 4.69) is 92.3 Å². The Morgan fingerprint density at radius 2 is 2.00 bits per heavy atom. The van der Waals surface area contributed by atoms with E-state index in [1.54, 1.807) is 0 Å². The Bertz CT molecular complexity index is 565. The molecule has 0 aromatic rings. The first-order chi connectivity index (χ1) is 11.1. The molecule has 2 nitrogen and oxygen atoms in total. The molecule has 1 heterocycles. The fourth-order valence-corrected chi connectivity index (χ4v) is 4.06. The average Bonchev–Trinajstić information content (AvgIpc) is 2.82. The van der Waals surface area contributed by atoms with Crippen molar-refractivity contribution < 1.29 is 4.48 Å². The number of likely N-dealkylation sites (N-methyl/N-ethyl adjacent to an activating group) is 1. The molecule has 0 radical (unpaired) electrons. The zero-order chi connectivity index (χ0) is 18.7. The Hall–Kier alpha value is -1.28. The van der Waals surface area contributed by atoms with Crippen molar-refractivity contribution in [2.45, 2.75) is 73.8 Å². The van der Waals surface area contributed by atoms with Gasteiger partial charge in [-0.25, -0.2) is 4.48 Å². The first kappa shape index (κ1) is 20.8. The number of hydrogen-bond donors (Lipinski definition) is 0. The van der Waals surface area contributed by atoms with Gasteiger partial charge < -0.3 is 4.90 Å². The lowest BCUT2D eigenvalue weighted by Gasteiger charge is -2.44. The van der Waals surface area contributed by atoms with Crippen LogP contribution in [-0.4, -0.2) is 28.6 Å². The standard InChI is InChI=1S/C22H39N2/c1-11-14-22(9,17(4)5)23-16-24(10,15-20(23)8)21(18(6)12-2)19(7)13-3/h11-12,15,17H,1,13-14,16H2,2-10H3/q+1/b18-12-,21-19-. The molecular formula is C22H39N2+. The van der Waals surface area contributed by atoms with E-state index in [0.717, 1.165) is 24.0 Å². The minimum absolute atomic E-state index is 0.105. The number of hydrogen-bond acceptors (Lipinski definition) is 1. The van der Waals surface area contributed by atoms with Crippen LogP contribution >= 0.6 is 0 Å². The highest BCUT2D eigenvalue weighted by molar-refractivity contribution is 5.29. The lowest BCUT2D eigenvalue weighted by Crippen LogP contribution is -2.52. The second kappa shape index (κ2) is 7.74. The van der Waals surface area contributed by atoms with Crippen molar-refractivity contribution in [3.05, 3.63) is 47.5 Å². The molecule has 0 amide bonds. The monoisotopic (exact) mass is 331 g/mol. The third-order valence-corrected chi connectivity index (χ3v) is 6.00. The van der Waals surface area contributed by atoms with Gasteiger partial charge in [0.2, 0.25) is 0 Å². The predicted octanol–water partition coefficient (Wildman–Crippen LogP) is 6.21. The normalized spacial score (nSPS) is 25.5. The summed E-state index contributed by atoms with van der Waals surface area (Å²) in [6.45, 7) is 23.2. The van der Waals surface area contributed by atoms with Crippen LogP contribution in [0.4, 0.5) is 0 Å². The van der Waals surface area contributed by atoms with E-state index in [9.17, 15) is 0 Å². The van der Waals surface area contributed by atoms with Crippen molar-refractivity contribution in [2.24, 2.45) is 5.92 Å². The van der Waals surface area contributed by atoms with Gasteiger partial charge in [-0.1, -0.05) is 32.9 Å². The fraction of sp³-hybridized carbons (Fsp3) is 0.636. The summed E-state index contributed by atoms with van der Waals surface area (Å²) in [4.78, 5) is 2.60. The maximum absolute atomic E-state index is 4.01. The van der Waals surface area contributed by atoms with E-state index in [-0.39, 0.29) is 5.54 Å². The second-order valence-corrected chi connectivity index (χ2v) is 8.07. The van der Waals surface area contributed by atoms with Gasteiger partial charge in [-0.05, 0) is 59.0 Å². The lowest BCUT2D eigenvalue weighted by atomic mass is 9.83. The van der Waals surface area contributed by atoms with Crippen LogP contribution in [0.15, 0.2) is 47.5 Å². The molecule has 2 heteroatoms. The highest BCUT2D eigenvalue weighted by atomic mass is 15.5. The van der Waals surface area contributed by atoms with Gasteiger partial charge in [-0.3, -0.25) is 0 Å². The van der Waals surface area contributed by atoms with Gasteiger partial charge in [0.1, 0.15) is 11.9 Å². The SMILES string of the molecule is C=CCC(C)(C(C)C)N1C[N+](C)(C(/C(C)=C\C)=C(/C)CC)C=C1C. The predicted molar refractivity (Wildman–Crippen MR) is 107 cm³/mol. The largest absolute Gasteiger partial charge is 0.317 e. The van der Waals surface area contributed by atoms with Crippen LogP contribution in [0.3, 0.4) is 0 Å². The molecule has 24 heavy (non-hydrogen) atoms. The van der Waals surface area contributed by atoms with Crippen LogP contribution in [0.2, 0.25) is 0 Å². The molecule has 0 fully saturated rings. The number of quaternary nitrogens is 1. The summed E-state index contributed by atoms with van der Waals surface area (Å²) in [7, 11) is 2.35. The van der Waals surface area contributed by atoms with Crippen molar-refractivity contribution in [2.75, 3.05) is 13.7 Å². The zero-order valence-electron chi connectivity index (χ0n) is 17.5. The third kappa shape index (κ3) is 3.69. The summed E-state index contributed by atoms with van der Waals surface area (Å²) in [6.07, 6.45) is 8.85. The molecule has 1 aliphatic heterocycles. The molecule has 0 bridgehead atoms. The summed E-state index contributed by atoms with van der Waals surface area (Å²) in [6, 6.07) is 0. The van der Waals surface area contributed by atoms with Gasteiger partial charge in [-0.15, -0.1) is 6.58 Å². The Labute approximate surface area is 150 Å². The Morgan fingerprint density at radius 1 is 1.42 bits per heavy atom. The minimum atomic E-state index is 0.105. The van der Waals surface area contributed by atoms with Crippen molar-refractivity contribution in [3.63, 3.8) is 0 Å². The lowest BCUT2D eigenvalue weighted by molar-refractivity contribution is -0.822. The van der Waals surface area contributed by atoms with Gasteiger partial charge >= 0.3 is 0 Å². The summed E-state index contributed by atoms with van der Waals surface area (Å²) in [5, 5.41) is 0. The Kier molecular flexibility index (Phi) is 6.69. The maximum Gasteiger partial charge on any atom is 0.163 e. The van der Waals surface area contributed by atoms with Gasteiger partial charge in [0, 0.05) is 11.1 Å². The molecule has 2 atom stereocenters. The van der Waals surface area contributed by atoms with E-state index < -0.39 is 0 Å². The van der Waals surface area contributed by atoms with Crippen molar-refractivity contribution >= 4 is 0 Å². The van der Waals surface area contributed by atoms with Crippen LogP contribution in [0.1, 0.15) is 68.2 Å². The molecule has 0 saturated heterocycles. The quantitative estimate of drug-likeness (QED) is 0.304. The maximum atomic E-state index is 4.01. The zero-order valence-corrected chi connectivity index (χ0v) is 17.5. The molecule has 1 rings (SSSR count). The highest BCUT2D eigenvalue weighted by Gasteiger charge is 2.45. The molecule has 0 aromatic carbocycles. The summed E-state index contributed by atoms with van der Waals surface area (Å²) in [5.41, 5.74) is 5.81. The topological polar surface area (TPSA) is 3.24 Å². The van der Waals surface area contributed by atoms with E-state index in [1.165, 1.54) is 22.5 Å². The van der Waals surface area contributed by atoms with Crippen molar-refractivity contribution in [3.8, 4) is 0 Å². The molecule has 136 valence electrons. The summed E-state index contributed by atoms with van der Waals surface area (Å²) in [5.74, 6) is 0.563. The van der Waals surface area contributed by atoms with Gasteiger partial charge in [0.05, 0.1) is 12.7 Å². The first-order valence-electron chi connectivity index (χ1n) is 9.34.